The Balaban J connectivity index is 1.82. The standard InChI is InChI=1S/C19H21BrN2O3/c1-13(2)10-18(23)21-15-6-8-16(9-7-15)22-19(24)12-25-17-5-3-4-14(20)11-17/h3-9,11,13H,10,12H2,1-2H3,(H,21,23)(H,22,24). The predicted octanol–water partition coefficient (Wildman–Crippen LogP) is 4.45. The Morgan fingerprint density at radius 1 is 1.00 bits per heavy atom. The number of carbonyl (C=O) groups is 2. The molecule has 2 aromatic rings. The van der Waals surface area contributed by atoms with Gasteiger partial charge in [-0.1, -0.05) is 35.8 Å². The summed E-state index contributed by atoms with van der Waals surface area (Å²) in [7, 11) is 0. The molecule has 0 aromatic heterocycles. The molecule has 5 nitrogen and oxygen atoms in total. The largest absolute Gasteiger partial charge is 0.484 e. The number of nitrogens with one attached hydrogen (secondary N) is 2. The molecule has 25 heavy (non-hydrogen) atoms. The van der Waals surface area contributed by atoms with Crippen molar-refractivity contribution in [1.29, 1.82) is 0 Å². The molecule has 0 aliphatic heterocycles. The predicted molar refractivity (Wildman–Crippen MR) is 103 cm³/mol. The van der Waals surface area contributed by atoms with Gasteiger partial charge >= 0.3 is 0 Å². The number of rotatable bonds is 7. The number of hydrogen-bond acceptors (Lipinski definition) is 3. The van der Waals surface area contributed by atoms with Gasteiger partial charge in [-0.3, -0.25) is 9.59 Å². The first-order chi connectivity index (χ1) is 11.9. The number of anilines is 2. The van der Waals surface area contributed by atoms with E-state index in [9.17, 15) is 9.59 Å². The van der Waals surface area contributed by atoms with Gasteiger partial charge in [0.15, 0.2) is 6.61 Å². The third-order valence-electron chi connectivity index (χ3n) is 3.21. The van der Waals surface area contributed by atoms with E-state index in [2.05, 4.69) is 26.6 Å². The molecule has 0 aliphatic rings. The summed E-state index contributed by atoms with van der Waals surface area (Å²) in [4.78, 5) is 23.7. The van der Waals surface area contributed by atoms with E-state index in [-0.39, 0.29) is 18.4 Å². The van der Waals surface area contributed by atoms with E-state index in [0.29, 0.717) is 29.5 Å². The molecule has 0 saturated heterocycles. The maximum atomic E-state index is 11.9. The number of hydrogen-bond donors (Lipinski definition) is 2. The molecule has 2 amide bonds. The van der Waals surface area contributed by atoms with Crippen LogP contribution in [-0.4, -0.2) is 18.4 Å². The van der Waals surface area contributed by atoms with Gasteiger partial charge in [-0.2, -0.15) is 0 Å². The molecule has 0 heterocycles. The third-order valence-corrected chi connectivity index (χ3v) is 3.71. The Hall–Kier alpha value is -2.34. The van der Waals surface area contributed by atoms with E-state index in [1.54, 1.807) is 36.4 Å². The summed E-state index contributed by atoms with van der Waals surface area (Å²) in [6.45, 7) is 3.91. The number of carbonyl (C=O) groups excluding carboxylic acids is 2. The highest BCUT2D eigenvalue weighted by atomic mass is 79.9. The second-order valence-electron chi connectivity index (χ2n) is 6.02. The molecular formula is C19H21BrN2O3. The number of halogens is 1. The van der Waals surface area contributed by atoms with Crippen LogP contribution < -0.4 is 15.4 Å². The first kappa shape index (κ1) is 19.0. The SMILES string of the molecule is CC(C)CC(=O)Nc1ccc(NC(=O)COc2cccc(Br)c2)cc1. The van der Waals surface area contributed by atoms with Gasteiger partial charge in [-0.25, -0.2) is 0 Å². The van der Waals surface area contributed by atoms with Gasteiger partial charge in [0, 0.05) is 22.3 Å². The summed E-state index contributed by atoms with van der Waals surface area (Å²) in [5.74, 6) is 0.655. The minimum Gasteiger partial charge on any atom is -0.484 e. The molecule has 2 N–H and O–H groups in total. The van der Waals surface area contributed by atoms with E-state index < -0.39 is 0 Å². The lowest BCUT2D eigenvalue weighted by molar-refractivity contribution is -0.118. The van der Waals surface area contributed by atoms with Gasteiger partial charge < -0.3 is 15.4 Å². The molecule has 0 fully saturated rings. The van der Waals surface area contributed by atoms with Gasteiger partial charge in [-0.15, -0.1) is 0 Å². The molecule has 132 valence electrons. The van der Waals surface area contributed by atoms with Crippen molar-refractivity contribution >= 4 is 39.1 Å². The number of amides is 2. The van der Waals surface area contributed by atoms with Crippen LogP contribution in [0.25, 0.3) is 0 Å². The lowest BCUT2D eigenvalue weighted by Crippen LogP contribution is -2.20. The fraction of sp³-hybridized carbons (Fsp3) is 0.263. The monoisotopic (exact) mass is 404 g/mol. The quantitative estimate of drug-likeness (QED) is 0.715. The third kappa shape index (κ3) is 6.97. The van der Waals surface area contributed by atoms with Crippen molar-refractivity contribution in [2.45, 2.75) is 20.3 Å². The molecule has 0 unspecified atom stereocenters. The van der Waals surface area contributed by atoms with E-state index in [1.165, 1.54) is 0 Å². The van der Waals surface area contributed by atoms with Crippen LogP contribution in [-0.2, 0) is 9.59 Å². The molecule has 0 saturated carbocycles. The summed E-state index contributed by atoms with van der Waals surface area (Å²) in [6, 6.07) is 14.3. The zero-order chi connectivity index (χ0) is 18.2. The highest BCUT2D eigenvalue weighted by Gasteiger charge is 2.07. The van der Waals surface area contributed by atoms with Crippen LogP contribution >= 0.6 is 15.9 Å². The van der Waals surface area contributed by atoms with Gasteiger partial charge in [0.05, 0.1) is 0 Å². The van der Waals surface area contributed by atoms with E-state index >= 15 is 0 Å². The van der Waals surface area contributed by atoms with Crippen molar-refractivity contribution in [3.05, 3.63) is 53.0 Å². The summed E-state index contributed by atoms with van der Waals surface area (Å²) in [5.41, 5.74) is 1.35. The minimum atomic E-state index is -0.253. The molecule has 6 heteroatoms. The lowest BCUT2D eigenvalue weighted by Gasteiger charge is -2.10. The Labute approximate surface area is 155 Å². The first-order valence-corrected chi connectivity index (χ1v) is 8.80. The van der Waals surface area contributed by atoms with E-state index in [4.69, 9.17) is 4.74 Å². The Bertz CT molecular complexity index is 730. The zero-order valence-corrected chi connectivity index (χ0v) is 15.8. The number of benzene rings is 2. The van der Waals surface area contributed by atoms with Crippen LogP contribution in [0.15, 0.2) is 53.0 Å². The molecule has 2 aromatic carbocycles. The Morgan fingerprint density at radius 3 is 2.16 bits per heavy atom. The summed E-state index contributed by atoms with van der Waals surface area (Å²) in [5, 5.41) is 5.58. The van der Waals surface area contributed by atoms with Crippen molar-refractivity contribution in [1.82, 2.24) is 0 Å². The normalized spacial score (nSPS) is 10.4. The lowest BCUT2D eigenvalue weighted by atomic mass is 10.1. The highest BCUT2D eigenvalue weighted by Crippen LogP contribution is 2.18. The van der Waals surface area contributed by atoms with E-state index in [1.807, 2.05) is 26.0 Å². The summed E-state index contributed by atoms with van der Waals surface area (Å²) in [6.07, 6.45) is 0.478. The fourth-order valence-corrected chi connectivity index (χ4v) is 2.50. The molecule has 0 bridgehead atoms. The maximum absolute atomic E-state index is 11.9. The zero-order valence-electron chi connectivity index (χ0n) is 14.2. The first-order valence-electron chi connectivity index (χ1n) is 8.00. The van der Waals surface area contributed by atoms with Gasteiger partial charge in [0.25, 0.3) is 5.91 Å². The Kier molecular flexibility index (Phi) is 7.01. The Morgan fingerprint density at radius 2 is 1.60 bits per heavy atom. The van der Waals surface area contributed by atoms with Crippen molar-refractivity contribution in [2.75, 3.05) is 17.2 Å². The fourth-order valence-electron chi connectivity index (χ4n) is 2.12. The molecule has 0 radical (unpaired) electrons. The van der Waals surface area contributed by atoms with Crippen LogP contribution in [0.4, 0.5) is 11.4 Å². The van der Waals surface area contributed by atoms with Gasteiger partial charge in [-0.05, 0) is 48.4 Å². The summed E-state index contributed by atoms with van der Waals surface area (Å²) < 4.78 is 6.32. The number of ether oxygens (including phenoxy) is 1. The van der Waals surface area contributed by atoms with Gasteiger partial charge in [0.1, 0.15) is 5.75 Å². The highest BCUT2D eigenvalue weighted by molar-refractivity contribution is 9.10. The maximum Gasteiger partial charge on any atom is 0.262 e. The van der Waals surface area contributed by atoms with Crippen molar-refractivity contribution < 1.29 is 14.3 Å². The topological polar surface area (TPSA) is 67.4 Å². The van der Waals surface area contributed by atoms with Crippen molar-refractivity contribution in [2.24, 2.45) is 5.92 Å². The average molecular weight is 405 g/mol. The summed E-state index contributed by atoms with van der Waals surface area (Å²) >= 11 is 3.35. The van der Waals surface area contributed by atoms with Crippen molar-refractivity contribution in [3.8, 4) is 5.75 Å². The van der Waals surface area contributed by atoms with Crippen LogP contribution in [0.5, 0.6) is 5.75 Å². The second kappa shape index (κ2) is 9.22. The van der Waals surface area contributed by atoms with Crippen molar-refractivity contribution in [3.63, 3.8) is 0 Å². The molecule has 0 spiro atoms. The van der Waals surface area contributed by atoms with Crippen LogP contribution in [0.2, 0.25) is 0 Å². The molecule has 2 rings (SSSR count). The van der Waals surface area contributed by atoms with E-state index in [0.717, 1.165) is 4.47 Å². The minimum absolute atomic E-state index is 0.0193. The smallest absolute Gasteiger partial charge is 0.262 e. The molecule has 0 atom stereocenters. The molecule has 0 aliphatic carbocycles. The van der Waals surface area contributed by atoms with Gasteiger partial charge in [0.2, 0.25) is 5.91 Å². The second-order valence-corrected chi connectivity index (χ2v) is 6.93. The van der Waals surface area contributed by atoms with Crippen LogP contribution in [0.3, 0.4) is 0 Å². The average Bonchev–Trinajstić information content (AvgIpc) is 2.54. The van der Waals surface area contributed by atoms with Crippen LogP contribution in [0.1, 0.15) is 20.3 Å². The molecular weight excluding hydrogens is 384 g/mol. The van der Waals surface area contributed by atoms with Crippen LogP contribution in [0, 0.1) is 5.92 Å².